The van der Waals surface area contributed by atoms with Crippen LogP contribution >= 0.6 is 23.2 Å². The van der Waals surface area contributed by atoms with E-state index in [0.29, 0.717) is 28.7 Å². The van der Waals surface area contributed by atoms with Crippen LogP contribution in [0.5, 0.6) is 0 Å². The van der Waals surface area contributed by atoms with Gasteiger partial charge >= 0.3 is 0 Å². The Balaban J connectivity index is 1.65. The Labute approximate surface area is 174 Å². The average Bonchev–Trinajstić information content (AvgIpc) is 3.13. The Morgan fingerprint density at radius 2 is 1.79 bits per heavy atom. The van der Waals surface area contributed by atoms with E-state index in [4.69, 9.17) is 23.2 Å². The minimum Gasteiger partial charge on any atom is -0.350 e. The molecular weight excluding hydrogens is 395 g/mol. The van der Waals surface area contributed by atoms with Crippen LogP contribution in [0.3, 0.4) is 0 Å². The largest absolute Gasteiger partial charge is 0.350 e. The lowest BCUT2D eigenvalue weighted by Gasteiger charge is -2.25. The van der Waals surface area contributed by atoms with E-state index in [1.165, 1.54) is 0 Å². The minimum absolute atomic E-state index is 0.0316. The number of rotatable bonds is 7. The van der Waals surface area contributed by atoms with Gasteiger partial charge in [0, 0.05) is 22.8 Å². The van der Waals surface area contributed by atoms with Crippen molar-refractivity contribution >= 4 is 29.1 Å². The van der Waals surface area contributed by atoms with Gasteiger partial charge in [0.2, 0.25) is 0 Å². The van der Waals surface area contributed by atoms with E-state index >= 15 is 0 Å². The first-order chi connectivity index (χ1) is 13.5. The molecule has 0 aliphatic rings. The highest BCUT2D eigenvalue weighted by Gasteiger charge is 2.18. The van der Waals surface area contributed by atoms with Crippen molar-refractivity contribution in [3.8, 4) is 0 Å². The molecule has 1 unspecified atom stereocenters. The Hall–Kier alpha value is -2.34. The fourth-order valence-corrected chi connectivity index (χ4v) is 3.43. The zero-order valence-electron chi connectivity index (χ0n) is 15.8. The maximum absolute atomic E-state index is 12.6. The third-order valence-corrected chi connectivity index (χ3v) is 5.24. The van der Waals surface area contributed by atoms with Gasteiger partial charge in [-0.2, -0.15) is 5.10 Å². The van der Waals surface area contributed by atoms with Gasteiger partial charge in [-0.05, 0) is 37.4 Å². The van der Waals surface area contributed by atoms with Gasteiger partial charge in [0.1, 0.15) is 0 Å². The van der Waals surface area contributed by atoms with E-state index in [9.17, 15) is 4.79 Å². The summed E-state index contributed by atoms with van der Waals surface area (Å²) < 4.78 is 1.70. The van der Waals surface area contributed by atoms with E-state index < -0.39 is 0 Å². The SMILES string of the molecule is CN(C)C(CNC(=O)c1cnn(Cc2ccccc2Cl)c1)c1ccccc1Cl. The first kappa shape index (κ1) is 20.4. The van der Waals surface area contributed by atoms with Crippen molar-refractivity contribution in [1.82, 2.24) is 20.0 Å². The Kier molecular flexibility index (Phi) is 6.73. The molecule has 0 fully saturated rings. The van der Waals surface area contributed by atoms with Crippen molar-refractivity contribution in [2.45, 2.75) is 12.6 Å². The molecule has 146 valence electrons. The number of amides is 1. The van der Waals surface area contributed by atoms with E-state index in [2.05, 4.69) is 10.4 Å². The van der Waals surface area contributed by atoms with Crippen LogP contribution in [-0.4, -0.2) is 41.2 Å². The molecule has 0 saturated carbocycles. The number of hydrogen-bond acceptors (Lipinski definition) is 3. The molecule has 1 aromatic heterocycles. The zero-order valence-corrected chi connectivity index (χ0v) is 17.3. The molecule has 28 heavy (non-hydrogen) atoms. The molecule has 0 bridgehead atoms. The third kappa shape index (κ3) is 4.93. The van der Waals surface area contributed by atoms with Crippen molar-refractivity contribution in [3.63, 3.8) is 0 Å². The van der Waals surface area contributed by atoms with Crippen molar-refractivity contribution < 1.29 is 4.79 Å². The van der Waals surface area contributed by atoms with Gasteiger partial charge in [0.05, 0.1) is 24.3 Å². The lowest BCUT2D eigenvalue weighted by atomic mass is 10.1. The number of hydrogen-bond donors (Lipinski definition) is 1. The van der Waals surface area contributed by atoms with E-state index in [0.717, 1.165) is 11.1 Å². The predicted octanol–water partition coefficient (Wildman–Crippen LogP) is 4.27. The summed E-state index contributed by atoms with van der Waals surface area (Å²) in [7, 11) is 3.92. The summed E-state index contributed by atoms with van der Waals surface area (Å²) in [5.74, 6) is -0.177. The van der Waals surface area contributed by atoms with E-state index in [-0.39, 0.29) is 11.9 Å². The highest BCUT2D eigenvalue weighted by molar-refractivity contribution is 6.31. The molecule has 3 rings (SSSR count). The van der Waals surface area contributed by atoms with Gasteiger partial charge in [-0.1, -0.05) is 59.6 Å². The Morgan fingerprint density at radius 3 is 2.46 bits per heavy atom. The lowest BCUT2D eigenvalue weighted by molar-refractivity contribution is 0.0942. The van der Waals surface area contributed by atoms with Gasteiger partial charge < -0.3 is 10.2 Å². The van der Waals surface area contributed by atoms with Crippen molar-refractivity contribution in [3.05, 3.63) is 87.7 Å². The minimum atomic E-state index is -0.177. The lowest BCUT2D eigenvalue weighted by Crippen LogP contribution is -2.34. The van der Waals surface area contributed by atoms with Gasteiger partial charge in [0.25, 0.3) is 5.91 Å². The molecule has 0 aliphatic carbocycles. The topological polar surface area (TPSA) is 50.2 Å². The monoisotopic (exact) mass is 416 g/mol. The second kappa shape index (κ2) is 9.24. The zero-order chi connectivity index (χ0) is 20.1. The van der Waals surface area contributed by atoms with Crippen molar-refractivity contribution in [2.75, 3.05) is 20.6 Å². The summed E-state index contributed by atoms with van der Waals surface area (Å²) in [6.45, 7) is 0.943. The molecule has 2 aromatic carbocycles. The summed E-state index contributed by atoms with van der Waals surface area (Å²) in [6.07, 6.45) is 3.28. The van der Waals surface area contributed by atoms with Crippen LogP contribution in [0.1, 0.15) is 27.5 Å². The number of nitrogens with zero attached hydrogens (tertiary/aromatic N) is 3. The van der Waals surface area contributed by atoms with Crippen LogP contribution in [-0.2, 0) is 6.54 Å². The molecule has 1 N–H and O–H groups in total. The molecule has 1 heterocycles. The van der Waals surface area contributed by atoms with Gasteiger partial charge in [-0.3, -0.25) is 9.48 Å². The number of carbonyl (C=O) groups excluding carboxylic acids is 1. The molecule has 0 aliphatic heterocycles. The summed E-state index contributed by atoms with van der Waals surface area (Å²) in [5, 5.41) is 8.61. The second-order valence-corrected chi connectivity index (χ2v) is 7.54. The summed E-state index contributed by atoms with van der Waals surface area (Å²) in [4.78, 5) is 14.6. The molecule has 1 amide bonds. The maximum atomic E-state index is 12.6. The maximum Gasteiger partial charge on any atom is 0.254 e. The number of carbonyl (C=O) groups is 1. The molecular formula is C21H22Cl2N4O. The number of benzene rings is 2. The summed E-state index contributed by atoms with van der Waals surface area (Å²) >= 11 is 12.5. The molecule has 0 saturated heterocycles. The van der Waals surface area contributed by atoms with Gasteiger partial charge in [-0.25, -0.2) is 0 Å². The fourth-order valence-electron chi connectivity index (χ4n) is 2.98. The van der Waals surface area contributed by atoms with Crippen molar-refractivity contribution in [2.24, 2.45) is 0 Å². The highest BCUT2D eigenvalue weighted by atomic mass is 35.5. The fraction of sp³-hybridized carbons (Fsp3) is 0.238. The smallest absolute Gasteiger partial charge is 0.254 e. The van der Waals surface area contributed by atoms with Crippen LogP contribution in [0, 0.1) is 0 Å². The summed E-state index contributed by atoms with van der Waals surface area (Å²) in [6, 6.07) is 15.2. The first-order valence-electron chi connectivity index (χ1n) is 8.90. The number of likely N-dealkylation sites (N-methyl/N-ethyl adjacent to an activating group) is 1. The van der Waals surface area contributed by atoms with Gasteiger partial charge in [0.15, 0.2) is 0 Å². The van der Waals surface area contributed by atoms with Crippen molar-refractivity contribution in [1.29, 1.82) is 0 Å². The third-order valence-electron chi connectivity index (χ3n) is 4.53. The molecule has 3 aromatic rings. The molecule has 1 atom stereocenters. The Morgan fingerprint density at radius 1 is 1.11 bits per heavy atom. The van der Waals surface area contributed by atoms with Crippen LogP contribution in [0.25, 0.3) is 0 Å². The number of aromatic nitrogens is 2. The average molecular weight is 417 g/mol. The molecule has 5 nitrogen and oxygen atoms in total. The second-order valence-electron chi connectivity index (χ2n) is 6.73. The standard InChI is InChI=1S/C21H22Cl2N4O/c1-26(2)20(17-8-4-6-10-19(17)23)12-24-21(28)16-11-25-27(14-16)13-15-7-3-5-9-18(15)22/h3-11,14,20H,12-13H2,1-2H3,(H,24,28). The van der Waals surface area contributed by atoms with Crippen LogP contribution in [0.4, 0.5) is 0 Å². The molecule has 7 heteroatoms. The Bertz CT molecular complexity index is 955. The van der Waals surface area contributed by atoms with Gasteiger partial charge in [-0.15, -0.1) is 0 Å². The molecule has 0 radical (unpaired) electrons. The predicted molar refractivity (Wildman–Crippen MR) is 113 cm³/mol. The van der Waals surface area contributed by atoms with Crippen LogP contribution < -0.4 is 5.32 Å². The van der Waals surface area contributed by atoms with E-state index in [1.54, 1.807) is 17.1 Å². The van der Waals surface area contributed by atoms with Crippen LogP contribution in [0.15, 0.2) is 60.9 Å². The normalized spacial score (nSPS) is 12.2. The summed E-state index contributed by atoms with van der Waals surface area (Å²) in [5.41, 5.74) is 2.43. The van der Waals surface area contributed by atoms with E-state index in [1.807, 2.05) is 67.5 Å². The highest BCUT2D eigenvalue weighted by Crippen LogP contribution is 2.25. The quantitative estimate of drug-likeness (QED) is 0.625. The van der Waals surface area contributed by atoms with Crippen LogP contribution in [0.2, 0.25) is 10.0 Å². The first-order valence-corrected chi connectivity index (χ1v) is 9.66. The number of halogens is 2. The number of nitrogens with one attached hydrogen (secondary N) is 1. The molecule has 0 spiro atoms.